The summed E-state index contributed by atoms with van der Waals surface area (Å²) in [5, 5.41) is 13.8. The molecular formula is C39H50ClF2N5O9S. The van der Waals surface area contributed by atoms with Crippen molar-refractivity contribution in [1.82, 2.24) is 24.8 Å². The number of hydrogen-bond donors (Lipinski definition) is 3. The van der Waals surface area contributed by atoms with Gasteiger partial charge in [0.05, 0.1) is 11.8 Å². The third-order valence-corrected chi connectivity index (χ3v) is 13.3. The van der Waals surface area contributed by atoms with Crippen molar-refractivity contribution in [3.63, 3.8) is 0 Å². The smallest absolute Gasteiger partial charge is 0.408 e. The van der Waals surface area contributed by atoms with E-state index in [-0.39, 0.29) is 42.1 Å². The van der Waals surface area contributed by atoms with E-state index < -0.39 is 93.2 Å². The number of pyridine rings is 1. The van der Waals surface area contributed by atoms with E-state index in [9.17, 15) is 36.7 Å². The van der Waals surface area contributed by atoms with Crippen molar-refractivity contribution in [2.45, 2.75) is 121 Å². The van der Waals surface area contributed by atoms with Crippen LogP contribution >= 0.6 is 11.6 Å². The van der Waals surface area contributed by atoms with E-state index in [2.05, 4.69) is 15.0 Å². The lowest BCUT2D eigenvalue weighted by atomic mass is 9.85. The number of hydrogen-bond acceptors (Lipinski definition) is 9. The highest BCUT2D eigenvalue weighted by molar-refractivity contribution is 7.91. The maximum absolute atomic E-state index is 15.0. The highest BCUT2D eigenvalue weighted by atomic mass is 35.5. The van der Waals surface area contributed by atoms with Crippen molar-refractivity contribution in [1.29, 1.82) is 0 Å². The monoisotopic (exact) mass is 837 g/mol. The Labute approximate surface area is 335 Å². The molecule has 18 heteroatoms. The highest BCUT2D eigenvalue weighted by Crippen LogP contribution is 2.46. The molecule has 3 N–H and O–H groups in total. The van der Waals surface area contributed by atoms with Gasteiger partial charge in [0.15, 0.2) is 6.61 Å². The average Bonchev–Trinajstić information content (AvgIpc) is 4.04. The molecule has 1 aromatic carbocycles. The van der Waals surface area contributed by atoms with Gasteiger partial charge >= 0.3 is 6.09 Å². The van der Waals surface area contributed by atoms with Crippen LogP contribution in [0.4, 0.5) is 13.6 Å². The molecule has 0 radical (unpaired) electrons. The fraction of sp³-hybridized carbons (Fsp3) is 0.615. The predicted octanol–water partition coefficient (Wildman–Crippen LogP) is 5.52. The SMILES string of the molecule is C[C@@H]1CC/C=C\[C@@H]2C[C@@]2(C(=O)NS(=O)(=O)C2CC2)NC(=O)[C@@H]2C[C@@H](Oc3nc(OCC(F)F)cc4c(Cl)cccc34)CN2C(=O)[C@@H](N(C(=O)O)C(C)(C)C)[C@H](C)C1. The summed E-state index contributed by atoms with van der Waals surface area (Å²) in [4.78, 5) is 63.1. The van der Waals surface area contributed by atoms with Crippen LogP contribution in [0.25, 0.3) is 10.8 Å². The first-order valence-electron chi connectivity index (χ1n) is 19.3. The molecular weight excluding hydrogens is 788 g/mol. The van der Waals surface area contributed by atoms with Gasteiger partial charge in [-0.1, -0.05) is 43.7 Å². The van der Waals surface area contributed by atoms with Gasteiger partial charge < -0.3 is 24.8 Å². The van der Waals surface area contributed by atoms with Crippen LogP contribution in [0.5, 0.6) is 11.8 Å². The lowest BCUT2D eigenvalue weighted by molar-refractivity contribution is -0.146. The zero-order chi connectivity index (χ0) is 41.6. The number of carboxylic acid groups (broad SMARTS) is 1. The second kappa shape index (κ2) is 16.2. The van der Waals surface area contributed by atoms with Gasteiger partial charge in [-0.25, -0.2) is 22.0 Å². The Kier molecular flexibility index (Phi) is 12.0. The first kappa shape index (κ1) is 42.4. The molecule has 2 aromatic rings. The predicted molar refractivity (Wildman–Crippen MR) is 207 cm³/mol. The van der Waals surface area contributed by atoms with Gasteiger partial charge in [0.25, 0.3) is 12.3 Å². The maximum atomic E-state index is 15.0. The van der Waals surface area contributed by atoms with E-state index in [4.69, 9.17) is 21.1 Å². The Morgan fingerprint density at radius 1 is 1.16 bits per heavy atom. The minimum Gasteiger partial charge on any atom is -0.472 e. The molecule has 2 saturated carbocycles. The molecule has 1 saturated heterocycles. The quantitative estimate of drug-likeness (QED) is 0.272. The van der Waals surface area contributed by atoms with Crippen LogP contribution in [0.15, 0.2) is 36.4 Å². The minimum absolute atomic E-state index is 0.0487. The van der Waals surface area contributed by atoms with Gasteiger partial charge in [0, 0.05) is 39.7 Å². The largest absolute Gasteiger partial charge is 0.472 e. The summed E-state index contributed by atoms with van der Waals surface area (Å²) in [6.45, 7) is 7.70. The van der Waals surface area contributed by atoms with Crippen LogP contribution in [0.1, 0.15) is 79.6 Å². The number of benzene rings is 1. The van der Waals surface area contributed by atoms with Crippen LogP contribution in [0.3, 0.4) is 0 Å². The Morgan fingerprint density at radius 2 is 1.88 bits per heavy atom. The Balaban J connectivity index is 1.41. The summed E-state index contributed by atoms with van der Waals surface area (Å²) in [7, 11) is -3.97. The Hall–Kier alpha value is -4.25. The number of ether oxygens (including phenoxy) is 2. The van der Waals surface area contributed by atoms with Gasteiger partial charge in [0.1, 0.15) is 23.7 Å². The number of aromatic nitrogens is 1. The standard InChI is InChI=1S/C39H50ClF2N5O9S/c1-21-9-6-7-10-23-18-39(23,36(50)45-57(53,54)25-13-14-25)44-33(48)29-16-24(19-46(29)35(49)32(22(2)15-21)47(37(51)52)38(3,4)5)56-34-26-11-8-12-28(40)27(26)17-31(43-34)55-20-30(41)42/h7-8,10-12,17,21-25,29-30,32H,6,9,13-16,18-20H2,1-5H3,(H,44,48)(H,45,50)(H,51,52)/b10-7-/t21-,22-,23-,24-,29+,32+,39-/m1/s1. The molecule has 4 amide bonds. The maximum Gasteiger partial charge on any atom is 0.408 e. The number of rotatable bonds is 9. The van der Waals surface area contributed by atoms with E-state index in [0.717, 1.165) is 4.90 Å². The number of fused-ring (bicyclic) bond motifs is 3. The van der Waals surface area contributed by atoms with E-state index >= 15 is 4.79 Å². The molecule has 4 aliphatic rings. The van der Waals surface area contributed by atoms with Crippen LogP contribution < -0.4 is 19.5 Å². The Bertz CT molecular complexity index is 2040. The van der Waals surface area contributed by atoms with E-state index in [1.807, 2.05) is 26.0 Å². The summed E-state index contributed by atoms with van der Waals surface area (Å²) >= 11 is 6.47. The van der Waals surface area contributed by atoms with E-state index in [1.54, 1.807) is 39.0 Å². The first-order chi connectivity index (χ1) is 26.7. The summed E-state index contributed by atoms with van der Waals surface area (Å²) in [5.41, 5.74) is -2.66. The van der Waals surface area contributed by atoms with Gasteiger partial charge in [-0.05, 0) is 83.3 Å². The molecule has 3 heterocycles. The minimum atomic E-state index is -3.97. The number of carbonyl (C=O) groups is 4. The lowest BCUT2D eigenvalue weighted by Crippen LogP contribution is -2.62. The fourth-order valence-electron chi connectivity index (χ4n) is 8.12. The van der Waals surface area contributed by atoms with Crippen molar-refractivity contribution in [3.05, 3.63) is 41.4 Å². The van der Waals surface area contributed by atoms with E-state index in [0.29, 0.717) is 42.9 Å². The lowest BCUT2D eigenvalue weighted by Gasteiger charge is -2.43. The molecule has 1 aromatic heterocycles. The number of allylic oxidation sites excluding steroid dienone is 1. The van der Waals surface area contributed by atoms with Crippen LogP contribution in [-0.4, -0.2) is 106 Å². The molecule has 2 aliphatic carbocycles. The molecule has 0 bridgehead atoms. The van der Waals surface area contributed by atoms with Crippen molar-refractivity contribution in [3.8, 4) is 11.8 Å². The third kappa shape index (κ3) is 9.24. The zero-order valence-corrected chi connectivity index (χ0v) is 34.1. The highest BCUT2D eigenvalue weighted by Gasteiger charge is 2.62. The zero-order valence-electron chi connectivity index (χ0n) is 32.5. The molecule has 6 rings (SSSR count). The molecule has 312 valence electrons. The summed E-state index contributed by atoms with van der Waals surface area (Å²) in [6, 6.07) is 3.74. The molecule has 7 atom stereocenters. The molecule has 3 fully saturated rings. The van der Waals surface area contributed by atoms with Crippen molar-refractivity contribution in [2.75, 3.05) is 13.2 Å². The van der Waals surface area contributed by atoms with Gasteiger partial charge in [0.2, 0.25) is 33.6 Å². The molecule has 2 aliphatic heterocycles. The molecule has 14 nitrogen and oxygen atoms in total. The van der Waals surface area contributed by atoms with Gasteiger partial charge in [-0.15, -0.1) is 0 Å². The second-order valence-electron chi connectivity index (χ2n) is 16.8. The normalized spacial score (nSPS) is 29.0. The van der Waals surface area contributed by atoms with Crippen LogP contribution in [0, 0.1) is 17.8 Å². The third-order valence-electron chi connectivity index (χ3n) is 11.2. The summed E-state index contributed by atoms with van der Waals surface area (Å²) in [5.74, 6) is -3.52. The summed E-state index contributed by atoms with van der Waals surface area (Å²) < 4.78 is 65.8. The van der Waals surface area contributed by atoms with Crippen molar-refractivity contribution >= 4 is 56.2 Å². The van der Waals surface area contributed by atoms with Crippen LogP contribution in [-0.2, 0) is 24.4 Å². The Morgan fingerprint density at radius 3 is 2.53 bits per heavy atom. The fourth-order valence-corrected chi connectivity index (χ4v) is 9.72. The second-order valence-corrected chi connectivity index (χ2v) is 19.2. The number of alkyl halides is 2. The number of halogens is 3. The topological polar surface area (TPSA) is 185 Å². The number of sulfonamides is 1. The molecule has 0 unspecified atom stereocenters. The number of nitrogens with zero attached hydrogens (tertiary/aromatic N) is 3. The number of carbonyl (C=O) groups excluding carboxylic acids is 3. The first-order valence-corrected chi connectivity index (χ1v) is 21.2. The van der Waals surface area contributed by atoms with Gasteiger partial charge in [-0.2, -0.15) is 4.98 Å². The molecule has 57 heavy (non-hydrogen) atoms. The van der Waals surface area contributed by atoms with Crippen LogP contribution in [0.2, 0.25) is 5.02 Å². The number of nitrogens with one attached hydrogen (secondary N) is 2. The summed E-state index contributed by atoms with van der Waals surface area (Å²) in [6.07, 6.45) is 1.21. The molecule has 0 spiro atoms. The van der Waals surface area contributed by atoms with Crippen molar-refractivity contribution in [2.24, 2.45) is 17.8 Å². The van der Waals surface area contributed by atoms with Gasteiger partial charge in [-0.3, -0.25) is 24.0 Å². The van der Waals surface area contributed by atoms with Crippen molar-refractivity contribution < 1.29 is 51.0 Å². The number of amides is 4. The van der Waals surface area contributed by atoms with E-state index in [1.165, 1.54) is 11.0 Å². The average molecular weight is 838 g/mol.